The Kier molecular flexibility index (Phi) is 4.83. The highest BCUT2D eigenvalue weighted by Gasteiger charge is 2.28. The number of hydrogen-bond acceptors (Lipinski definition) is 3. The van der Waals surface area contributed by atoms with E-state index in [0.717, 1.165) is 11.1 Å². The molecular weight excluding hydrogens is 383 g/mol. The quantitative estimate of drug-likeness (QED) is 0.709. The maximum absolute atomic E-state index is 13.1. The van der Waals surface area contributed by atoms with Gasteiger partial charge in [0, 0.05) is 24.3 Å². The maximum atomic E-state index is 13.1. The third-order valence-electron chi connectivity index (χ3n) is 4.51. The lowest BCUT2D eigenvalue weighted by molar-refractivity contribution is 0.0894. The van der Waals surface area contributed by atoms with Gasteiger partial charge in [0.05, 0.1) is 6.04 Å². The highest BCUT2D eigenvalue weighted by atomic mass is 35.5. The van der Waals surface area contributed by atoms with Gasteiger partial charge in [-0.15, -0.1) is 0 Å². The summed E-state index contributed by atoms with van der Waals surface area (Å²) in [6, 6.07) is 12.8. The van der Waals surface area contributed by atoms with Gasteiger partial charge in [0.25, 0.3) is 11.8 Å². The van der Waals surface area contributed by atoms with Crippen LogP contribution in [0.3, 0.4) is 0 Å². The van der Waals surface area contributed by atoms with Crippen molar-refractivity contribution in [2.24, 2.45) is 0 Å². The van der Waals surface area contributed by atoms with Gasteiger partial charge in [-0.05, 0) is 35.4 Å². The van der Waals surface area contributed by atoms with Gasteiger partial charge in [-0.3, -0.25) is 9.59 Å². The number of fused-ring (bicyclic) bond motifs is 1. The standard InChI is InChI=1S/C20H16ClFN4O2/c21-14-3-1-2-12(8-14)9-23-19(27)17-11-26-10-16(25-20(28)18(26)24-17)13-4-6-15(22)7-5-13/h1-8,11,16H,9-10H2,(H,23,27)(H,25,28). The first-order valence-electron chi connectivity index (χ1n) is 8.66. The third kappa shape index (κ3) is 3.75. The number of benzene rings is 2. The van der Waals surface area contributed by atoms with Gasteiger partial charge in [-0.25, -0.2) is 9.37 Å². The molecule has 8 heteroatoms. The monoisotopic (exact) mass is 398 g/mol. The fraction of sp³-hybridized carbons (Fsp3) is 0.150. The molecule has 0 saturated carbocycles. The molecule has 1 aliphatic rings. The molecule has 0 radical (unpaired) electrons. The predicted molar refractivity (Wildman–Crippen MR) is 101 cm³/mol. The summed E-state index contributed by atoms with van der Waals surface area (Å²) in [4.78, 5) is 29.0. The normalized spacial score (nSPS) is 15.6. The van der Waals surface area contributed by atoms with Crippen LogP contribution < -0.4 is 10.6 Å². The molecule has 2 N–H and O–H groups in total. The van der Waals surface area contributed by atoms with Crippen molar-refractivity contribution in [1.29, 1.82) is 0 Å². The third-order valence-corrected chi connectivity index (χ3v) is 4.75. The highest BCUT2D eigenvalue weighted by molar-refractivity contribution is 6.30. The zero-order valence-corrected chi connectivity index (χ0v) is 15.4. The number of imidazole rings is 1. The van der Waals surface area contributed by atoms with Crippen LogP contribution in [0.5, 0.6) is 0 Å². The van der Waals surface area contributed by atoms with Crippen molar-refractivity contribution >= 4 is 23.4 Å². The zero-order valence-electron chi connectivity index (χ0n) is 14.7. The average Bonchev–Trinajstić information content (AvgIpc) is 3.12. The van der Waals surface area contributed by atoms with E-state index < -0.39 is 0 Å². The molecule has 1 atom stereocenters. The lowest BCUT2D eigenvalue weighted by Gasteiger charge is -2.25. The minimum absolute atomic E-state index is 0.159. The summed E-state index contributed by atoms with van der Waals surface area (Å²) in [5.74, 6) is -0.929. The molecular formula is C20H16ClFN4O2. The fourth-order valence-electron chi connectivity index (χ4n) is 3.11. The van der Waals surface area contributed by atoms with Crippen LogP contribution in [0.15, 0.2) is 54.7 Å². The zero-order chi connectivity index (χ0) is 19.7. The Morgan fingerprint density at radius 1 is 1.29 bits per heavy atom. The molecule has 4 rings (SSSR count). The molecule has 6 nitrogen and oxygen atoms in total. The number of rotatable bonds is 4. The summed E-state index contributed by atoms with van der Waals surface area (Å²) in [5.41, 5.74) is 1.80. The number of hydrogen-bond donors (Lipinski definition) is 2. The molecule has 3 aromatic rings. The number of halogens is 2. The van der Waals surface area contributed by atoms with E-state index in [0.29, 0.717) is 18.1 Å². The number of carbonyl (C=O) groups is 2. The Morgan fingerprint density at radius 3 is 2.82 bits per heavy atom. The maximum Gasteiger partial charge on any atom is 0.287 e. The fourth-order valence-corrected chi connectivity index (χ4v) is 3.33. The van der Waals surface area contributed by atoms with E-state index in [2.05, 4.69) is 15.6 Å². The molecule has 142 valence electrons. The van der Waals surface area contributed by atoms with Crippen LogP contribution in [-0.2, 0) is 13.1 Å². The number of nitrogens with one attached hydrogen (secondary N) is 2. The Hall–Kier alpha value is -3.19. The van der Waals surface area contributed by atoms with Crippen LogP contribution in [-0.4, -0.2) is 21.4 Å². The van der Waals surface area contributed by atoms with Gasteiger partial charge in [0.1, 0.15) is 11.5 Å². The van der Waals surface area contributed by atoms with E-state index in [1.165, 1.54) is 12.1 Å². The summed E-state index contributed by atoms with van der Waals surface area (Å²) in [5, 5.41) is 6.19. The summed E-state index contributed by atoms with van der Waals surface area (Å²) in [7, 11) is 0. The van der Waals surface area contributed by atoms with E-state index in [9.17, 15) is 14.0 Å². The Balaban J connectivity index is 1.48. The first-order chi connectivity index (χ1) is 13.5. The number of carbonyl (C=O) groups excluding carboxylic acids is 2. The molecule has 0 bridgehead atoms. The second kappa shape index (κ2) is 7.44. The van der Waals surface area contributed by atoms with Gasteiger partial charge < -0.3 is 15.2 Å². The van der Waals surface area contributed by atoms with Gasteiger partial charge in [0.2, 0.25) is 0 Å². The summed E-state index contributed by atoms with van der Waals surface area (Å²) < 4.78 is 14.8. The summed E-state index contributed by atoms with van der Waals surface area (Å²) >= 11 is 5.94. The molecule has 28 heavy (non-hydrogen) atoms. The van der Waals surface area contributed by atoms with E-state index >= 15 is 0 Å². The van der Waals surface area contributed by atoms with Crippen LogP contribution in [0, 0.1) is 5.82 Å². The minimum Gasteiger partial charge on any atom is -0.347 e. The second-order valence-electron chi connectivity index (χ2n) is 6.49. The second-order valence-corrected chi connectivity index (χ2v) is 6.93. The lowest BCUT2D eigenvalue weighted by atomic mass is 10.1. The number of aromatic nitrogens is 2. The van der Waals surface area contributed by atoms with Crippen molar-refractivity contribution in [3.63, 3.8) is 0 Å². The van der Waals surface area contributed by atoms with Crippen LogP contribution in [0.1, 0.15) is 38.3 Å². The van der Waals surface area contributed by atoms with Crippen LogP contribution in [0.25, 0.3) is 0 Å². The summed E-state index contributed by atoms with van der Waals surface area (Å²) in [6.45, 7) is 0.702. The van der Waals surface area contributed by atoms with Gasteiger partial charge in [-0.1, -0.05) is 35.9 Å². The Morgan fingerprint density at radius 2 is 2.07 bits per heavy atom. The number of amides is 2. The van der Waals surface area contributed by atoms with E-state index in [4.69, 9.17) is 11.6 Å². The molecule has 1 aromatic heterocycles. The highest BCUT2D eigenvalue weighted by Crippen LogP contribution is 2.22. The largest absolute Gasteiger partial charge is 0.347 e. The van der Waals surface area contributed by atoms with E-state index in [-0.39, 0.29) is 35.2 Å². The SMILES string of the molecule is O=C(NCc1cccc(Cl)c1)c1cn2c(n1)C(=O)NC(c1ccc(F)cc1)C2. The molecule has 2 heterocycles. The van der Waals surface area contributed by atoms with Crippen LogP contribution >= 0.6 is 11.6 Å². The molecule has 0 saturated heterocycles. The first-order valence-corrected chi connectivity index (χ1v) is 9.03. The lowest BCUT2D eigenvalue weighted by Crippen LogP contribution is -2.38. The van der Waals surface area contributed by atoms with Gasteiger partial charge in [0.15, 0.2) is 5.82 Å². The average molecular weight is 399 g/mol. The smallest absolute Gasteiger partial charge is 0.287 e. The van der Waals surface area contributed by atoms with Gasteiger partial charge in [-0.2, -0.15) is 0 Å². The predicted octanol–water partition coefficient (Wildman–Crippen LogP) is 3.09. The molecule has 0 fully saturated rings. The molecule has 1 aliphatic heterocycles. The summed E-state index contributed by atoms with van der Waals surface area (Å²) in [6.07, 6.45) is 1.55. The van der Waals surface area contributed by atoms with E-state index in [1.54, 1.807) is 41.1 Å². The Bertz CT molecular complexity index is 1050. The van der Waals surface area contributed by atoms with Crippen molar-refractivity contribution in [2.75, 3.05) is 0 Å². The molecule has 1 unspecified atom stereocenters. The molecule has 2 aromatic carbocycles. The molecule has 0 aliphatic carbocycles. The van der Waals surface area contributed by atoms with Gasteiger partial charge >= 0.3 is 0 Å². The first kappa shape index (κ1) is 18.2. The topological polar surface area (TPSA) is 76.0 Å². The molecule has 0 spiro atoms. The van der Waals surface area contributed by atoms with Crippen molar-refractivity contribution in [3.05, 3.63) is 88.2 Å². The minimum atomic E-state index is -0.381. The van der Waals surface area contributed by atoms with Crippen molar-refractivity contribution in [1.82, 2.24) is 20.2 Å². The number of nitrogens with zero attached hydrogens (tertiary/aromatic N) is 2. The van der Waals surface area contributed by atoms with Crippen LogP contribution in [0.4, 0.5) is 4.39 Å². The van der Waals surface area contributed by atoms with Crippen molar-refractivity contribution in [3.8, 4) is 0 Å². The molecule has 2 amide bonds. The van der Waals surface area contributed by atoms with Crippen molar-refractivity contribution in [2.45, 2.75) is 19.1 Å². The van der Waals surface area contributed by atoms with Crippen LogP contribution in [0.2, 0.25) is 5.02 Å². The Labute approximate surface area is 165 Å². The van der Waals surface area contributed by atoms with Crippen molar-refractivity contribution < 1.29 is 14.0 Å². The van der Waals surface area contributed by atoms with E-state index in [1.807, 2.05) is 6.07 Å².